The number of carbonyl (C=O) groups excluding carboxylic acids is 2. The number of benzene rings is 3. The zero-order valence-corrected chi connectivity index (χ0v) is 28.0. The summed E-state index contributed by atoms with van der Waals surface area (Å²) in [6.07, 6.45) is 3.54. The van der Waals surface area contributed by atoms with Crippen LogP contribution in [-0.4, -0.2) is 33.7 Å². The molecule has 1 amide bonds. The van der Waals surface area contributed by atoms with E-state index < -0.39 is 0 Å². The van der Waals surface area contributed by atoms with Crippen molar-refractivity contribution < 1.29 is 9.59 Å². The van der Waals surface area contributed by atoms with E-state index in [4.69, 9.17) is 17.3 Å². The molecule has 0 heterocycles. The molecule has 0 unspecified atom stereocenters. The van der Waals surface area contributed by atoms with E-state index in [9.17, 15) is 9.59 Å². The number of halogens is 1. The van der Waals surface area contributed by atoms with Crippen molar-refractivity contribution in [2.45, 2.75) is 74.1 Å². The van der Waals surface area contributed by atoms with Crippen LogP contribution in [0.15, 0.2) is 72.8 Å². The van der Waals surface area contributed by atoms with Crippen LogP contribution in [0.2, 0.25) is 0 Å². The number of hydrogen-bond donors (Lipinski definition) is 2. The Hall–Kier alpha value is -3.25. The van der Waals surface area contributed by atoms with Crippen molar-refractivity contribution in [3.63, 3.8) is 0 Å². The molecule has 0 atom stereocenters. The average molecular weight is 593 g/mol. The minimum Gasteiger partial charge on any atom is -0.399 e. The van der Waals surface area contributed by atoms with Gasteiger partial charge in [-0.2, -0.15) is 0 Å². The minimum atomic E-state index is -0.199. The van der Waals surface area contributed by atoms with Crippen LogP contribution in [-0.2, 0) is 9.59 Å². The molecule has 229 valence electrons. The largest absolute Gasteiger partial charge is 0.399 e. The van der Waals surface area contributed by atoms with E-state index in [1.165, 1.54) is 22.4 Å². The molecular formula is C35H52BClN3O2. The summed E-state index contributed by atoms with van der Waals surface area (Å²) >= 11 is 5.21. The highest BCUT2D eigenvalue weighted by Gasteiger charge is 2.19. The monoisotopic (exact) mass is 592 g/mol. The maximum Gasteiger partial charge on any atom is 0.229 e. The summed E-state index contributed by atoms with van der Waals surface area (Å²) in [5.74, 6) is 0.442. The van der Waals surface area contributed by atoms with Crippen LogP contribution in [0.4, 0.5) is 17.1 Å². The van der Waals surface area contributed by atoms with Crippen molar-refractivity contribution in [1.82, 2.24) is 0 Å². The second-order valence-electron chi connectivity index (χ2n) is 10.1. The fourth-order valence-electron chi connectivity index (χ4n) is 3.96. The van der Waals surface area contributed by atoms with E-state index in [1.807, 2.05) is 102 Å². The van der Waals surface area contributed by atoms with Crippen LogP contribution >= 0.6 is 11.6 Å². The Labute approximate surface area is 262 Å². The third-order valence-electron chi connectivity index (χ3n) is 6.71. The summed E-state index contributed by atoms with van der Waals surface area (Å²) < 4.78 is 0. The summed E-state index contributed by atoms with van der Waals surface area (Å²) in [5, 5.41) is 2.87. The van der Waals surface area contributed by atoms with Gasteiger partial charge in [-0.15, -0.1) is 0 Å². The van der Waals surface area contributed by atoms with Crippen LogP contribution in [0.3, 0.4) is 0 Å². The third kappa shape index (κ3) is 16.9. The van der Waals surface area contributed by atoms with Gasteiger partial charge in [0.15, 0.2) is 0 Å². The molecule has 5 nitrogen and oxygen atoms in total. The Balaban J connectivity index is 0. The van der Waals surface area contributed by atoms with Gasteiger partial charge >= 0.3 is 0 Å². The number of nitrogens with zero attached hydrogens (tertiary/aromatic N) is 1. The smallest absolute Gasteiger partial charge is 0.229 e. The van der Waals surface area contributed by atoms with Gasteiger partial charge in [0.05, 0.1) is 0 Å². The van der Waals surface area contributed by atoms with E-state index >= 15 is 0 Å². The molecule has 7 heteroatoms. The fraction of sp³-hybridized carbons (Fsp3) is 0.429. The Bertz CT molecular complexity index is 1150. The molecule has 0 aliphatic rings. The van der Waals surface area contributed by atoms with Crippen molar-refractivity contribution in [2.75, 3.05) is 30.0 Å². The fourth-order valence-corrected chi connectivity index (χ4v) is 4.26. The van der Waals surface area contributed by atoms with Crippen LogP contribution in [0.1, 0.15) is 70.1 Å². The lowest BCUT2D eigenvalue weighted by Crippen LogP contribution is -2.32. The lowest BCUT2D eigenvalue weighted by Gasteiger charge is -2.22. The summed E-state index contributed by atoms with van der Waals surface area (Å²) in [6.45, 7) is 14.2. The SMILES string of the molecule is CCC(CC)C(=O)Cl.CCC(CC)C(=O)N(C)c1cccc(C)c1.CNc1cccc(C)c1.Cc1cccc(N)c1.[B]. The van der Waals surface area contributed by atoms with Crippen LogP contribution in [0.25, 0.3) is 0 Å². The lowest BCUT2D eigenvalue weighted by molar-refractivity contribution is -0.122. The van der Waals surface area contributed by atoms with E-state index in [0.29, 0.717) is 0 Å². The van der Waals surface area contributed by atoms with Gasteiger partial charge in [0.25, 0.3) is 0 Å². The van der Waals surface area contributed by atoms with E-state index in [2.05, 4.69) is 38.2 Å². The lowest BCUT2D eigenvalue weighted by atomic mass is 10.0. The standard InChI is InChI=1S/C14H21NO.C8H11N.C7H9N.C6H11ClO.B/c1-5-12(6-2)14(16)15(4)13-9-7-8-11(3)10-13;1-7-4-3-5-8(6-7)9-2;1-6-3-2-4-7(8)5-6;1-3-5(4-2)6(7)8;/h7-10,12H,5-6H2,1-4H3;3-6,9H,1-2H3;2-5H,8H2,1H3;5H,3-4H2,1-2H3;. The molecule has 3 radical (unpaired) electrons. The summed E-state index contributed by atoms with van der Waals surface area (Å²) in [7, 11) is 3.78. The van der Waals surface area contributed by atoms with Gasteiger partial charge in [0.2, 0.25) is 11.1 Å². The zero-order valence-electron chi connectivity index (χ0n) is 27.2. The number of nitrogens with two attached hydrogens (primary N) is 1. The normalized spacial score (nSPS) is 9.62. The predicted octanol–water partition coefficient (Wildman–Crippen LogP) is 8.82. The van der Waals surface area contributed by atoms with Gasteiger partial charge in [-0.3, -0.25) is 9.59 Å². The molecule has 0 saturated carbocycles. The molecule has 3 N–H and O–H groups in total. The Morgan fingerprint density at radius 3 is 1.52 bits per heavy atom. The molecule has 0 saturated heterocycles. The number of anilines is 3. The maximum absolute atomic E-state index is 12.1. The second-order valence-corrected chi connectivity index (χ2v) is 10.5. The number of carbonyl (C=O) groups is 2. The highest BCUT2D eigenvalue weighted by atomic mass is 35.5. The second kappa shape index (κ2) is 23.3. The van der Waals surface area contributed by atoms with Crippen molar-refractivity contribution >= 4 is 48.2 Å². The van der Waals surface area contributed by atoms with Gasteiger partial charge in [0.1, 0.15) is 0 Å². The summed E-state index contributed by atoms with van der Waals surface area (Å²) in [5.41, 5.74) is 12.1. The van der Waals surface area contributed by atoms with Crippen molar-refractivity contribution in [2.24, 2.45) is 11.8 Å². The van der Waals surface area contributed by atoms with Crippen molar-refractivity contribution in [3.05, 3.63) is 89.5 Å². The first kappa shape index (κ1) is 40.9. The first-order valence-electron chi connectivity index (χ1n) is 14.5. The molecule has 3 aromatic carbocycles. The molecule has 0 aliphatic carbocycles. The predicted molar refractivity (Wildman–Crippen MR) is 186 cm³/mol. The number of aryl methyl sites for hydroxylation is 3. The van der Waals surface area contributed by atoms with Crippen LogP contribution < -0.4 is 16.0 Å². The molecule has 3 aromatic rings. The number of amides is 1. The van der Waals surface area contributed by atoms with Gasteiger partial charge in [0, 0.05) is 51.4 Å². The molecule has 0 bridgehead atoms. The van der Waals surface area contributed by atoms with Crippen LogP contribution in [0.5, 0.6) is 0 Å². The first-order valence-corrected chi connectivity index (χ1v) is 14.9. The topological polar surface area (TPSA) is 75.4 Å². The number of nitrogens with one attached hydrogen (secondary N) is 1. The number of hydrogen-bond acceptors (Lipinski definition) is 4. The summed E-state index contributed by atoms with van der Waals surface area (Å²) in [6, 6.07) is 24.1. The molecule has 3 rings (SSSR count). The average Bonchev–Trinajstić information content (AvgIpc) is 2.94. The quantitative estimate of drug-likeness (QED) is 0.156. The Morgan fingerprint density at radius 2 is 1.21 bits per heavy atom. The van der Waals surface area contributed by atoms with Gasteiger partial charge in [-0.25, -0.2) is 0 Å². The Morgan fingerprint density at radius 1 is 0.762 bits per heavy atom. The van der Waals surface area contributed by atoms with Crippen LogP contribution in [0, 0.1) is 32.6 Å². The van der Waals surface area contributed by atoms with E-state index in [1.54, 1.807) is 4.90 Å². The zero-order chi connectivity index (χ0) is 31.4. The molecule has 0 aromatic heterocycles. The van der Waals surface area contributed by atoms with E-state index in [0.717, 1.165) is 37.1 Å². The van der Waals surface area contributed by atoms with Gasteiger partial charge in [-0.05, 0) is 111 Å². The maximum atomic E-state index is 12.1. The molecular weight excluding hydrogens is 541 g/mol. The van der Waals surface area contributed by atoms with Crippen molar-refractivity contribution in [3.8, 4) is 0 Å². The summed E-state index contributed by atoms with van der Waals surface area (Å²) in [4.78, 5) is 24.3. The van der Waals surface area contributed by atoms with E-state index in [-0.39, 0.29) is 31.4 Å². The Kier molecular flexibility index (Phi) is 22.7. The first-order chi connectivity index (χ1) is 19.4. The molecule has 0 spiro atoms. The number of rotatable bonds is 8. The highest BCUT2D eigenvalue weighted by Crippen LogP contribution is 2.19. The minimum absolute atomic E-state index is 0. The molecule has 0 aliphatic heterocycles. The molecule has 0 fully saturated rings. The number of nitrogen functional groups attached to an aromatic ring is 1. The van der Waals surface area contributed by atoms with Gasteiger partial charge < -0.3 is 16.0 Å². The van der Waals surface area contributed by atoms with Crippen molar-refractivity contribution in [1.29, 1.82) is 0 Å². The van der Waals surface area contributed by atoms with Gasteiger partial charge in [-0.1, -0.05) is 64.1 Å². The third-order valence-corrected chi connectivity index (χ3v) is 7.02. The molecule has 42 heavy (non-hydrogen) atoms. The highest BCUT2D eigenvalue weighted by molar-refractivity contribution is 6.63.